The van der Waals surface area contributed by atoms with Crippen LogP contribution < -0.4 is 5.32 Å². The van der Waals surface area contributed by atoms with E-state index < -0.39 is 23.1 Å². The molecule has 0 saturated carbocycles. The molecule has 1 amide bonds. The Balaban J connectivity index is 2.08. The first-order chi connectivity index (χ1) is 8.51. The van der Waals surface area contributed by atoms with Crippen LogP contribution in [0.1, 0.15) is 12.8 Å². The van der Waals surface area contributed by atoms with E-state index in [4.69, 9.17) is 0 Å². The van der Waals surface area contributed by atoms with Crippen molar-refractivity contribution in [1.82, 2.24) is 0 Å². The number of halogens is 2. The molecule has 0 radical (unpaired) electrons. The van der Waals surface area contributed by atoms with Gasteiger partial charge in [-0.2, -0.15) is 11.8 Å². The number of aliphatic hydroxyl groups is 1. The number of anilines is 1. The fourth-order valence-electron chi connectivity index (χ4n) is 1.76. The van der Waals surface area contributed by atoms with E-state index in [1.807, 2.05) is 0 Å². The number of thioether (sulfide) groups is 1. The maximum atomic E-state index is 13.0. The molecule has 6 heteroatoms. The van der Waals surface area contributed by atoms with Crippen molar-refractivity contribution in [2.45, 2.75) is 18.4 Å². The summed E-state index contributed by atoms with van der Waals surface area (Å²) in [4.78, 5) is 11.9. The Hall–Kier alpha value is -1.14. The van der Waals surface area contributed by atoms with Crippen molar-refractivity contribution >= 4 is 23.4 Å². The first-order valence-corrected chi connectivity index (χ1v) is 6.73. The number of hydrogen-bond donors (Lipinski definition) is 2. The predicted octanol–water partition coefficient (Wildman–Crippen LogP) is 2.16. The van der Waals surface area contributed by atoms with Gasteiger partial charge < -0.3 is 10.4 Å². The van der Waals surface area contributed by atoms with Crippen molar-refractivity contribution in [2.24, 2.45) is 0 Å². The number of carbonyl (C=O) groups excluding carboxylic acids is 1. The molecule has 1 aliphatic rings. The highest BCUT2D eigenvalue weighted by Crippen LogP contribution is 2.28. The van der Waals surface area contributed by atoms with E-state index in [0.717, 1.165) is 12.1 Å². The smallest absolute Gasteiger partial charge is 0.256 e. The molecule has 1 heterocycles. The Labute approximate surface area is 108 Å². The third kappa shape index (κ3) is 2.81. The first kappa shape index (κ1) is 13.3. The Kier molecular flexibility index (Phi) is 3.87. The molecule has 3 nitrogen and oxygen atoms in total. The van der Waals surface area contributed by atoms with Gasteiger partial charge in [0.2, 0.25) is 0 Å². The summed E-state index contributed by atoms with van der Waals surface area (Å²) in [6.45, 7) is 0. The molecule has 0 unspecified atom stereocenters. The van der Waals surface area contributed by atoms with Crippen LogP contribution in [0.15, 0.2) is 18.2 Å². The Morgan fingerprint density at radius 1 is 1.28 bits per heavy atom. The van der Waals surface area contributed by atoms with Gasteiger partial charge in [0.25, 0.3) is 5.91 Å². The molecule has 0 spiro atoms. The zero-order chi connectivity index (χ0) is 13.2. The highest BCUT2D eigenvalue weighted by Gasteiger charge is 2.37. The summed E-state index contributed by atoms with van der Waals surface area (Å²) in [6.07, 6.45) is 0.736. The van der Waals surface area contributed by atoms with E-state index in [2.05, 4.69) is 5.32 Å². The fraction of sp³-hybridized carbons (Fsp3) is 0.417. The summed E-state index contributed by atoms with van der Waals surface area (Å²) in [6, 6.07) is 3.09. The van der Waals surface area contributed by atoms with Crippen molar-refractivity contribution in [3.63, 3.8) is 0 Å². The summed E-state index contributed by atoms with van der Waals surface area (Å²) in [5.41, 5.74) is -1.26. The zero-order valence-corrected chi connectivity index (χ0v) is 10.4. The van der Waals surface area contributed by atoms with Gasteiger partial charge in [0.15, 0.2) is 11.6 Å². The molecule has 0 atom stereocenters. The Bertz CT molecular complexity index is 461. The van der Waals surface area contributed by atoms with Crippen molar-refractivity contribution < 1.29 is 18.7 Å². The number of carbonyl (C=O) groups is 1. The van der Waals surface area contributed by atoms with Crippen LogP contribution in [-0.2, 0) is 4.79 Å². The monoisotopic (exact) mass is 273 g/mol. The fourth-order valence-corrected chi connectivity index (χ4v) is 2.93. The first-order valence-electron chi connectivity index (χ1n) is 5.58. The maximum absolute atomic E-state index is 13.0. The number of hydrogen-bond acceptors (Lipinski definition) is 3. The predicted molar refractivity (Wildman–Crippen MR) is 66.5 cm³/mol. The number of rotatable bonds is 2. The van der Waals surface area contributed by atoms with Crippen LogP contribution in [0.2, 0.25) is 0 Å². The van der Waals surface area contributed by atoms with Gasteiger partial charge in [-0.05, 0) is 36.5 Å². The molecular weight excluding hydrogens is 260 g/mol. The van der Waals surface area contributed by atoms with Crippen molar-refractivity contribution in [2.75, 3.05) is 16.8 Å². The average molecular weight is 273 g/mol. The van der Waals surface area contributed by atoms with E-state index in [-0.39, 0.29) is 5.69 Å². The second-order valence-electron chi connectivity index (χ2n) is 4.23. The molecule has 0 aromatic heterocycles. The van der Waals surface area contributed by atoms with Crippen LogP contribution in [0.5, 0.6) is 0 Å². The highest BCUT2D eigenvalue weighted by atomic mass is 32.2. The van der Waals surface area contributed by atoms with Crippen LogP contribution >= 0.6 is 11.8 Å². The van der Waals surface area contributed by atoms with Crippen LogP contribution in [0.4, 0.5) is 14.5 Å². The normalized spacial score (nSPS) is 18.4. The summed E-state index contributed by atoms with van der Waals surface area (Å²) in [5.74, 6) is -1.14. The van der Waals surface area contributed by atoms with Gasteiger partial charge in [-0.3, -0.25) is 4.79 Å². The molecule has 1 aromatic carbocycles. The van der Waals surface area contributed by atoms with Gasteiger partial charge in [0.1, 0.15) is 5.60 Å². The van der Waals surface area contributed by atoms with Crippen molar-refractivity contribution in [3.8, 4) is 0 Å². The van der Waals surface area contributed by atoms with Crippen molar-refractivity contribution in [3.05, 3.63) is 29.8 Å². The largest absolute Gasteiger partial charge is 0.380 e. The molecule has 0 aliphatic carbocycles. The summed E-state index contributed by atoms with van der Waals surface area (Å²) in [5, 5.41) is 12.5. The molecule has 1 fully saturated rings. The zero-order valence-electron chi connectivity index (χ0n) is 9.58. The molecule has 18 heavy (non-hydrogen) atoms. The van der Waals surface area contributed by atoms with E-state index in [1.165, 1.54) is 6.07 Å². The Morgan fingerprint density at radius 2 is 1.94 bits per heavy atom. The van der Waals surface area contributed by atoms with Gasteiger partial charge in [-0.15, -0.1) is 0 Å². The molecule has 0 bridgehead atoms. The van der Waals surface area contributed by atoms with Gasteiger partial charge in [-0.1, -0.05) is 0 Å². The van der Waals surface area contributed by atoms with Gasteiger partial charge in [-0.25, -0.2) is 8.78 Å². The SMILES string of the molecule is O=C(Nc1ccc(F)c(F)c1)C1(O)CCSCC1. The van der Waals surface area contributed by atoms with E-state index in [1.54, 1.807) is 11.8 Å². The standard InChI is InChI=1S/C12H13F2NO2S/c13-9-2-1-8(7-10(9)14)15-11(16)12(17)3-5-18-6-4-12/h1-2,7,17H,3-6H2,(H,15,16). The third-order valence-electron chi connectivity index (χ3n) is 2.92. The quantitative estimate of drug-likeness (QED) is 0.868. The van der Waals surface area contributed by atoms with Crippen LogP contribution in [0.3, 0.4) is 0 Å². The second-order valence-corrected chi connectivity index (χ2v) is 5.45. The molecule has 98 valence electrons. The number of benzene rings is 1. The molecule has 2 N–H and O–H groups in total. The summed E-state index contributed by atoms with van der Waals surface area (Å²) in [7, 11) is 0. The molecule has 1 saturated heterocycles. The van der Waals surface area contributed by atoms with Crippen LogP contribution in [0, 0.1) is 11.6 Å². The van der Waals surface area contributed by atoms with Gasteiger partial charge in [0, 0.05) is 11.8 Å². The lowest BCUT2D eigenvalue weighted by Gasteiger charge is -2.30. The Morgan fingerprint density at radius 3 is 2.56 bits per heavy atom. The lowest BCUT2D eigenvalue weighted by molar-refractivity contribution is -0.134. The second kappa shape index (κ2) is 5.24. The van der Waals surface area contributed by atoms with Crippen molar-refractivity contribution in [1.29, 1.82) is 0 Å². The third-order valence-corrected chi connectivity index (χ3v) is 3.91. The topological polar surface area (TPSA) is 49.3 Å². The average Bonchev–Trinajstić information content (AvgIpc) is 2.35. The van der Waals surface area contributed by atoms with Gasteiger partial charge in [0.05, 0.1) is 0 Å². The van der Waals surface area contributed by atoms with E-state index >= 15 is 0 Å². The van der Waals surface area contributed by atoms with Crippen LogP contribution in [-0.4, -0.2) is 28.1 Å². The summed E-state index contributed by atoms with van der Waals surface area (Å²) >= 11 is 1.68. The lowest BCUT2D eigenvalue weighted by Crippen LogP contribution is -2.45. The molecule has 1 aliphatic heterocycles. The number of nitrogens with one attached hydrogen (secondary N) is 1. The lowest BCUT2D eigenvalue weighted by atomic mass is 9.95. The van der Waals surface area contributed by atoms with Gasteiger partial charge >= 0.3 is 0 Å². The molecular formula is C12H13F2NO2S. The van der Waals surface area contributed by atoms with Crippen LogP contribution in [0.25, 0.3) is 0 Å². The minimum absolute atomic E-state index is 0.144. The van der Waals surface area contributed by atoms with E-state index in [9.17, 15) is 18.7 Å². The molecule has 1 aromatic rings. The van der Waals surface area contributed by atoms with E-state index in [0.29, 0.717) is 24.3 Å². The number of amides is 1. The minimum atomic E-state index is -1.41. The highest BCUT2D eigenvalue weighted by molar-refractivity contribution is 7.99. The maximum Gasteiger partial charge on any atom is 0.256 e. The summed E-state index contributed by atoms with van der Waals surface area (Å²) < 4.78 is 25.7. The minimum Gasteiger partial charge on any atom is -0.380 e. The molecule has 2 rings (SSSR count).